The highest BCUT2D eigenvalue weighted by Gasteiger charge is 2.25. The van der Waals surface area contributed by atoms with Gasteiger partial charge in [0.25, 0.3) is 11.6 Å². The molecule has 0 spiro atoms. The molecule has 2 unspecified atom stereocenters. The summed E-state index contributed by atoms with van der Waals surface area (Å²) in [6.45, 7) is 3.08. The lowest BCUT2D eigenvalue weighted by Crippen LogP contribution is -2.32. The maximum atomic E-state index is 12.0. The van der Waals surface area contributed by atoms with Gasteiger partial charge < -0.3 is 15.8 Å². The standard InChI is InChI=1S/C12H16N4O4/c1-7-8(2-3-20-7)5-15-12(17)10-4-9(16(18)19)6-14-11(10)13/h4,6-8H,2-3,5H2,1H3,(H2,13,14)(H,15,17). The Morgan fingerprint density at radius 2 is 2.45 bits per heavy atom. The smallest absolute Gasteiger partial charge is 0.288 e. The van der Waals surface area contributed by atoms with Gasteiger partial charge >= 0.3 is 0 Å². The molecule has 1 amide bonds. The Morgan fingerprint density at radius 3 is 3.05 bits per heavy atom. The van der Waals surface area contributed by atoms with E-state index in [1.54, 1.807) is 0 Å². The first-order chi connectivity index (χ1) is 9.49. The summed E-state index contributed by atoms with van der Waals surface area (Å²) in [6, 6.07) is 1.13. The van der Waals surface area contributed by atoms with Crippen molar-refractivity contribution in [3.05, 3.63) is 27.9 Å². The molecule has 1 saturated heterocycles. The summed E-state index contributed by atoms with van der Waals surface area (Å²) >= 11 is 0. The van der Waals surface area contributed by atoms with Gasteiger partial charge in [0, 0.05) is 25.1 Å². The van der Waals surface area contributed by atoms with Gasteiger partial charge in [-0.3, -0.25) is 14.9 Å². The highest BCUT2D eigenvalue weighted by Crippen LogP contribution is 2.20. The number of ether oxygens (including phenoxy) is 1. The second-order valence-corrected chi connectivity index (χ2v) is 4.72. The average molecular weight is 280 g/mol. The minimum atomic E-state index is -0.615. The summed E-state index contributed by atoms with van der Waals surface area (Å²) in [6.07, 6.45) is 2.00. The molecule has 8 heteroatoms. The molecule has 1 fully saturated rings. The maximum Gasteiger partial charge on any atom is 0.288 e. The molecule has 0 aromatic carbocycles. The van der Waals surface area contributed by atoms with Crippen LogP contribution in [0, 0.1) is 16.0 Å². The lowest BCUT2D eigenvalue weighted by atomic mass is 10.0. The van der Waals surface area contributed by atoms with Crippen molar-refractivity contribution < 1.29 is 14.5 Å². The van der Waals surface area contributed by atoms with Gasteiger partial charge in [-0.1, -0.05) is 0 Å². The van der Waals surface area contributed by atoms with E-state index in [4.69, 9.17) is 10.5 Å². The summed E-state index contributed by atoms with van der Waals surface area (Å²) in [5.41, 5.74) is 5.34. The van der Waals surface area contributed by atoms with Gasteiger partial charge in [0.15, 0.2) is 0 Å². The lowest BCUT2D eigenvalue weighted by Gasteiger charge is -2.14. The summed E-state index contributed by atoms with van der Waals surface area (Å²) < 4.78 is 5.40. The van der Waals surface area contributed by atoms with Gasteiger partial charge in [-0.05, 0) is 13.3 Å². The van der Waals surface area contributed by atoms with E-state index in [-0.39, 0.29) is 29.1 Å². The molecule has 108 valence electrons. The highest BCUT2D eigenvalue weighted by molar-refractivity contribution is 5.98. The molecule has 0 aliphatic carbocycles. The van der Waals surface area contributed by atoms with Crippen LogP contribution in [-0.2, 0) is 4.74 Å². The van der Waals surface area contributed by atoms with Crippen LogP contribution in [0.4, 0.5) is 11.5 Å². The van der Waals surface area contributed by atoms with Crippen LogP contribution in [0.3, 0.4) is 0 Å². The van der Waals surface area contributed by atoms with E-state index in [1.807, 2.05) is 6.92 Å². The van der Waals surface area contributed by atoms with E-state index >= 15 is 0 Å². The van der Waals surface area contributed by atoms with Crippen molar-refractivity contribution in [2.24, 2.45) is 5.92 Å². The maximum absolute atomic E-state index is 12.0. The number of pyridine rings is 1. The van der Waals surface area contributed by atoms with Crippen molar-refractivity contribution in [2.75, 3.05) is 18.9 Å². The summed E-state index contributed by atoms with van der Waals surface area (Å²) in [7, 11) is 0. The zero-order chi connectivity index (χ0) is 14.7. The number of rotatable bonds is 4. The molecule has 0 radical (unpaired) electrons. The fourth-order valence-electron chi connectivity index (χ4n) is 2.11. The molecule has 2 atom stereocenters. The Labute approximate surface area is 115 Å². The minimum Gasteiger partial charge on any atom is -0.383 e. The van der Waals surface area contributed by atoms with Crippen LogP contribution in [0.25, 0.3) is 0 Å². The molecule has 1 aromatic heterocycles. The molecule has 20 heavy (non-hydrogen) atoms. The third-order valence-corrected chi connectivity index (χ3v) is 3.42. The third-order valence-electron chi connectivity index (χ3n) is 3.42. The van der Waals surface area contributed by atoms with Gasteiger partial charge in [0.1, 0.15) is 12.0 Å². The lowest BCUT2D eigenvalue weighted by molar-refractivity contribution is -0.385. The molecule has 3 N–H and O–H groups in total. The highest BCUT2D eigenvalue weighted by atomic mass is 16.6. The number of anilines is 1. The second-order valence-electron chi connectivity index (χ2n) is 4.72. The molecular formula is C12H16N4O4. The number of nitro groups is 1. The molecule has 2 rings (SSSR count). The van der Waals surface area contributed by atoms with E-state index in [9.17, 15) is 14.9 Å². The van der Waals surface area contributed by atoms with E-state index in [0.29, 0.717) is 13.2 Å². The third kappa shape index (κ3) is 3.02. The van der Waals surface area contributed by atoms with E-state index in [2.05, 4.69) is 10.3 Å². The Balaban J connectivity index is 2.05. The van der Waals surface area contributed by atoms with E-state index in [0.717, 1.165) is 18.7 Å². The number of carbonyl (C=O) groups excluding carboxylic acids is 1. The number of amides is 1. The molecular weight excluding hydrogens is 264 g/mol. The number of hydrogen-bond donors (Lipinski definition) is 2. The Hall–Kier alpha value is -2.22. The average Bonchev–Trinajstić information content (AvgIpc) is 2.81. The SMILES string of the molecule is CC1OCCC1CNC(=O)c1cc([N+](=O)[O-])cnc1N. The monoisotopic (exact) mass is 280 g/mol. The predicted molar refractivity (Wildman–Crippen MR) is 71.2 cm³/mol. The van der Waals surface area contributed by atoms with Crippen LogP contribution in [0.5, 0.6) is 0 Å². The largest absolute Gasteiger partial charge is 0.383 e. The quantitative estimate of drug-likeness (QED) is 0.619. The van der Waals surface area contributed by atoms with Crippen LogP contribution in [-0.4, -0.2) is 35.1 Å². The van der Waals surface area contributed by atoms with Crippen LogP contribution in [0.15, 0.2) is 12.3 Å². The number of nitrogens with two attached hydrogens (primary N) is 1. The molecule has 8 nitrogen and oxygen atoms in total. The van der Waals surface area contributed by atoms with Crippen LogP contribution in [0.2, 0.25) is 0 Å². The topological polar surface area (TPSA) is 120 Å². The van der Waals surface area contributed by atoms with Gasteiger partial charge in [-0.15, -0.1) is 0 Å². The Morgan fingerprint density at radius 1 is 1.70 bits per heavy atom. The number of carbonyl (C=O) groups is 1. The first kappa shape index (κ1) is 14.2. The Kier molecular flexibility index (Phi) is 4.14. The number of aromatic nitrogens is 1. The molecule has 0 bridgehead atoms. The van der Waals surface area contributed by atoms with Crippen LogP contribution < -0.4 is 11.1 Å². The van der Waals surface area contributed by atoms with E-state index in [1.165, 1.54) is 0 Å². The van der Waals surface area contributed by atoms with Gasteiger partial charge in [-0.25, -0.2) is 4.98 Å². The molecule has 1 aliphatic heterocycles. The van der Waals surface area contributed by atoms with Gasteiger partial charge in [-0.2, -0.15) is 0 Å². The normalized spacial score (nSPS) is 21.6. The number of hydrogen-bond acceptors (Lipinski definition) is 6. The molecule has 2 heterocycles. The van der Waals surface area contributed by atoms with Crippen LogP contribution in [0.1, 0.15) is 23.7 Å². The molecule has 1 aromatic rings. The summed E-state index contributed by atoms with van der Waals surface area (Å²) in [4.78, 5) is 25.7. The predicted octanol–water partition coefficient (Wildman–Crippen LogP) is 0.727. The van der Waals surface area contributed by atoms with Crippen molar-refractivity contribution >= 4 is 17.4 Å². The zero-order valence-corrected chi connectivity index (χ0v) is 11.0. The van der Waals surface area contributed by atoms with Gasteiger partial charge in [0.05, 0.1) is 16.6 Å². The fourth-order valence-corrected chi connectivity index (χ4v) is 2.11. The Bertz CT molecular complexity index is 534. The summed E-state index contributed by atoms with van der Waals surface area (Å²) in [5, 5.41) is 13.4. The summed E-state index contributed by atoms with van der Waals surface area (Å²) in [5.74, 6) is -0.242. The van der Waals surface area contributed by atoms with Crippen LogP contribution >= 0.6 is 0 Å². The minimum absolute atomic E-state index is 0.0192. The first-order valence-electron chi connectivity index (χ1n) is 6.28. The fraction of sp³-hybridized carbons (Fsp3) is 0.500. The number of nitrogens with one attached hydrogen (secondary N) is 1. The number of nitrogen functional groups attached to an aromatic ring is 1. The van der Waals surface area contributed by atoms with E-state index < -0.39 is 10.8 Å². The van der Waals surface area contributed by atoms with Crippen molar-refractivity contribution in [2.45, 2.75) is 19.4 Å². The van der Waals surface area contributed by atoms with Crippen molar-refractivity contribution in [3.63, 3.8) is 0 Å². The molecule has 0 saturated carbocycles. The van der Waals surface area contributed by atoms with Crippen molar-refractivity contribution in [1.29, 1.82) is 0 Å². The van der Waals surface area contributed by atoms with Crippen molar-refractivity contribution in [1.82, 2.24) is 10.3 Å². The van der Waals surface area contributed by atoms with Gasteiger partial charge in [0.2, 0.25) is 0 Å². The second kappa shape index (κ2) is 5.83. The number of nitrogens with zero attached hydrogens (tertiary/aromatic N) is 2. The first-order valence-corrected chi connectivity index (χ1v) is 6.28. The van der Waals surface area contributed by atoms with Crippen molar-refractivity contribution in [3.8, 4) is 0 Å². The molecule has 1 aliphatic rings. The zero-order valence-electron chi connectivity index (χ0n) is 11.0.